The summed E-state index contributed by atoms with van der Waals surface area (Å²) in [5, 5.41) is 12.6. The molecule has 0 atom stereocenters. The smallest absolute Gasteiger partial charge is 0.307 e. The number of aromatic nitrogens is 3. The first-order valence-electron chi connectivity index (χ1n) is 4.41. The number of aliphatic carboxylic acids is 1. The molecule has 0 spiro atoms. The molecule has 0 aliphatic carbocycles. The molecule has 0 fully saturated rings. The summed E-state index contributed by atoms with van der Waals surface area (Å²) in [4.78, 5) is 14.4. The Morgan fingerprint density at radius 3 is 3.00 bits per heavy atom. The van der Waals surface area contributed by atoms with Crippen molar-refractivity contribution < 1.29 is 9.90 Å². The lowest BCUT2D eigenvalue weighted by Gasteiger charge is -2.02. The van der Waals surface area contributed by atoms with Gasteiger partial charge in [-0.1, -0.05) is 12.1 Å². The average Bonchev–Trinajstić information content (AvgIpc) is 2.69. The largest absolute Gasteiger partial charge is 0.481 e. The van der Waals surface area contributed by atoms with Crippen LogP contribution < -0.4 is 0 Å². The summed E-state index contributed by atoms with van der Waals surface area (Å²) in [6, 6.07) is 7.20. The van der Waals surface area contributed by atoms with Crippen molar-refractivity contribution in [3.05, 3.63) is 42.5 Å². The Labute approximate surface area is 86.0 Å². The SMILES string of the molecule is O=C(O)Cc1cccc(-n2cncn2)c1. The van der Waals surface area contributed by atoms with Crippen LogP contribution in [0.3, 0.4) is 0 Å². The molecule has 0 bridgehead atoms. The van der Waals surface area contributed by atoms with Gasteiger partial charge in [-0.15, -0.1) is 0 Å². The first kappa shape index (κ1) is 9.39. The molecule has 1 heterocycles. The lowest BCUT2D eigenvalue weighted by atomic mass is 10.1. The molecular weight excluding hydrogens is 194 g/mol. The van der Waals surface area contributed by atoms with Crippen LogP contribution in [0.5, 0.6) is 0 Å². The van der Waals surface area contributed by atoms with Crippen molar-refractivity contribution in [1.82, 2.24) is 14.8 Å². The highest BCUT2D eigenvalue weighted by molar-refractivity contribution is 5.70. The molecule has 1 N–H and O–H groups in total. The maximum atomic E-state index is 10.5. The van der Waals surface area contributed by atoms with E-state index in [1.165, 1.54) is 6.33 Å². The molecule has 0 radical (unpaired) electrons. The number of rotatable bonds is 3. The third-order valence-corrected chi connectivity index (χ3v) is 1.95. The lowest BCUT2D eigenvalue weighted by Crippen LogP contribution is -2.01. The van der Waals surface area contributed by atoms with E-state index in [1.807, 2.05) is 6.07 Å². The summed E-state index contributed by atoms with van der Waals surface area (Å²) in [7, 11) is 0. The van der Waals surface area contributed by atoms with Gasteiger partial charge in [0, 0.05) is 0 Å². The van der Waals surface area contributed by atoms with Crippen molar-refractivity contribution in [2.45, 2.75) is 6.42 Å². The van der Waals surface area contributed by atoms with Gasteiger partial charge in [-0.2, -0.15) is 5.10 Å². The average molecular weight is 203 g/mol. The second-order valence-corrected chi connectivity index (χ2v) is 3.08. The van der Waals surface area contributed by atoms with Gasteiger partial charge in [0.25, 0.3) is 0 Å². The molecule has 0 saturated heterocycles. The molecule has 1 aromatic carbocycles. The second kappa shape index (κ2) is 3.91. The van der Waals surface area contributed by atoms with E-state index in [1.54, 1.807) is 29.2 Å². The van der Waals surface area contributed by atoms with Gasteiger partial charge in [0.2, 0.25) is 0 Å². The van der Waals surface area contributed by atoms with Crippen molar-refractivity contribution >= 4 is 5.97 Å². The molecule has 5 heteroatoms. The Balaban J connectivity index is 2.31. The molecular formula is C10H9N3O2. The monoisotopic (exact) mass is 203 g/mol. The molecule has 2 rings (SSSR count). The number of nitrogens with zero attached hydrogens (tertiary/aromatic N) is 3. The summed E-state index contributed by atoms with van der Waals surface area (Å²) in [6.45, 7) is 0. The number of benzene rings is 1. The van der Waals surface area contributed by atoms with Crippen LogP contribution in [-0.4, -0.2) is 25.8 Å². The highest BCUT2D eigenvalue weighted by Gasteiger charge is 2.02. The van der Waals surface area contributed by atoms with Crippen LogP contribution >= 0.6 is 0 Å². The fourth-order valence-corrected chi connectivity index (χ4v) is 1.33. The van der Waals surface area contributed by atoms with Crippen LogP contribution in [0.4, 0.5) is 0 Å². The predicted molar refractivity (Wildman–Crippen MR) is 52.7 cm³/mol. The Hall–Kier alpha value is -2.17. The lowest BCUT2D eigenvalue weighted by molar-refractivity contribution is -0.136. The molecule has 0 saturated carbocycles. The van der Waals surface area contributed by atoms with E-state index in [-0.39, 0.29) is 6.42 Å². The molecule has 15 heavy (non-hydrogen) atoms. The van der Waals surface area contributed by atoms with E-state index in [9.17, 15) is 4.79 Å². The molecule has 1 aromatic heterocycles. The minimum Gasteiger partial charge on any atom is -0.481 e. The highest BCUT2D eigenvalue weighted by Crippen LogP contribution is 2.09. The van der Waals surface area contributed by atoms with E-state index in [4.69, 9.17) is 5.11 Å². The minimum atomic E-state index is -0.842. The van der Waals surface area contributed by atoms with Gasteiger partial charge in [0.15, 0.2) is 0 Å². The van der Waals surface area contributed by atoms with Crippen molar-refractivity contribution in [3.8, 4) is 5.69 Å². The van der Waals surface area contributed by atoms with Crippen LogP contribution in [-0.2, 0) is 11.2 Å². The standard InChI is InChI=1S/C10H9N3O2/c14-10(15)5-8-2-1-3-9(4-8)13-7-11-6-12-13/h1-4,6-7H,5H2,(H,14,15). The number of hydrogen-bond donors (Lipinski definition) is 1. The Kier molecular flexibility index (Phi) is 2.45. The van der Waals surface area contributed by atoms with Crippen LogP contribution in [0.2, 0.25) is 0 Å². The molecule has 0 aliphatic rings. The van der Waals surface area contributed by atoms with Gasteiger partial charge >= 0.3 is 5.97 Å². The van der Waals surface area contributed by atoms with Gasteiger partial charge in [0.05, 0.1) is 12.1 Å². The van der Waals surface area contributed by atoms with E-state index in [0.717, 1.165) is 11.3 Å². The zero-order chi connectivity index (χ0) is 10.7. The van der Waals surface area contributed by atoms with Gasteiger partial charge in [0.1, 0.15) is 12.7 Å². The number of carboxylic acids is 1. The van der Waals surface area contributed by atoms with E-state index < -0.39 is 5.97 Å². The zero-order valence-electron chi connectivity index (χ0n) is 7.87. The number of carboxylic acid groups (broad SMARTS) is 1. The fourth-order valence-electron chi connectivity index (χ4n) is 1.33. The van der Waals surface area contributed by atoms with Gasteiger partial charge in [-0.25, -0.2) is 9.67 Å². The summed E-state index contributed by atoms with van der Waals surface area (Å²) in [6.07, 6.45) is 3.02. The van der Waals surface area contributed by atoms with Crippen LogP contribution in [0.15, 0.2) is 36.9 Å². The predicted octanol–water partition coefficient (Wildman–Crippen LogP) is 0.894. The van der Waals surface area contributed by atoms with Crippen LogP contribution in [0.25, 0.3) is 5.69 Å². The highest BCUT2D eigenvalue weighted by atomic mass is 16.4. The van der Waals surface area contributed by atoms with Gasteiger partial charge in [-0.3, -0.25) is 4.79 Å². The normalized spacial score (nSPS) is 10.1. The van der Waals surface area contributed by atoms with Crippen molar-refractivity contribution in [2.75, 3.05) is 0 Å². The molecule has 76 valence electrons. The van der Waals surface area contributed by atoms with Crippen molar-refractivity contribution in [3.63, 3.8) is 0 Å². The molecule has 5 nitrogen and oxygen atoms in total. The summed E-state index contributed by atoms with van der Waals surface area (Å²) in [5.41, 5.74) is 1.56. The third kappa shape index (κ3) is 2.19. The van der Waals surface area contributed by atoms with Crippen molar-refractivity contribution in [1.29, 1.82) is 0 Å². The van der Waals surface area contributed by atoms with E-state index >= 15 is 0 Å². The number of hydrogen-bond acceptors (Lipinski definition) is 3. The van der Waals surface area contributed by atoms with Gasteiger partial charge in [-0.05, 0) is 17.7 Å². The van der Waals surface area contributed by atoms with Crippen LogP contribution in [0.1, 0.15) is 5.56 Å². The summed E-state index contributed by atoms with van der Waals surface area (Å²) in [5.74, 6) is -0.842. The quantitative estimate of drug-likeness (QED) is 0.804. The first-order chi connectivity index (χ1) is 7.25. The molecule has 2 aromatic rings. The number of carbonyl (C=O) groups is 1. The minimum absolute atomic E-state index is 0.0164. The van der Waals surface area contributed by atoms with E-state index in [0.29, 0.717) is 0 Å². The Morgan fingerprint density at radius 1 is 1.47 bits per heavy atom. The topological polar surface area (TPSA) is 68.0 Å². The van der Waals surface area contributed by atoms with E-state index in [2.05, 4.69) is 10.1 Å². The maximum absolute atomic E-state index is 10.5. The fraction of sp³-hybridized carbons (Fsp3) is 0.100. The van der Waals surface area contributed by atoms with Gasteiger partial charge < -0.3 is 5.11 Å². The first-order valence-corrected chi connectivity index (χ1v) is 4.41. The Morgan fingerprint density at radius 2 is 2.33 bits per heavy atom. The third-order valence-electron chi connectivity index (χ3n) is 1.95. The Bertz CT molecular complexity index is 465. The summed E-state index contributed by atoms with van der Waals surface area (Å²) < 4.78 is 1.59. The molecule has 0 unspecified atom stereocenters. The molecule has 0 aliphatic heterocycles. The van der Waals surface area contributed by atoms with Crippen LogP contribution in [0, 0.1) is 0 Å². The molecule has 0 amide bonds. The maximum Gasteiger partial charge on any atom is 0.307 e. The second-order valence-electron chi connectivity index (χ2n) is 3.08. The zero-order valence-corrected chi connectivity index (χ0v) is 7.87. The van der Waals surface area contributed by atoms with Crippen molar-refractivity contribution in [2.24, 2.45) is 0 Å². The summed E-state index contributed by atoms with van der Waals surface area (Å²) >= 11 is 0.